The fraction of sp³-hybridized carbons (Fsp3) is 0.353. The Kier molecular flexibility index (Phi) is 42.3. The average Bonchev–Trinajstić information content (AvgIpc) is 1.55. The molecule has 24 nitrogen and oxygen atoms in total. The highest BCUT2D eigenvalue weighted by Crippen LogP contribution is 2.67. The highest BCUT2D eigenvalue weighted by Gasteiger charge is 2.61. The number of fused-ring (bicyclic) bond motifs is 19. The van der Waals surface area contributed by atoms with E-state index in [9.17, 15) is 57.5 Å². The molecule has 6 aromatic heterocycles. The van der Waals surface area contributed by atoms with Crippen LogP contribution in [0.5, 0.6) is 0 Å². The van der Waals surface area contributed by atoms with Crippen LogP contribution in [-0.2, 0) is 66.8 Å². The zero-order chi connectivity index (χ0) is 92.5. The molecule has 0 N–H and O–H groups in total. The first-order valence-corrected chi connectivity index (χ1v) is 42.0. The summed E-state index contributed by atoms with van der Waals surface area (Å²) in [6, 6.07) is 58.2. The molecule has 0 spiro atoms. The fourth-order valence-electron chi connectivity index (χ4n) is 16.4. The van der Waals surface area contributed by atoms with Gasteiger partial charge in [-0.25, -0.2) is 9.59 Å². The number of para-hydroxylation sites is 6. The number of Topliss-reactive ketones (excluding diaryl/α,β-unsaturated/α-hetero) is 3. The van der Waals surface area contributed by atoms with Gasteiger partial charge < -0.3 is 54.9 Å². The van der Waals surface area contributed by atoms with Gasteiger partial charge in [0.25, 0.3) is 0 Å². The molecular formula is C102H116O24. The Bertz CT molecular complexity index is 5410. The van der Waals surface area contributed by atoms with Crippen molar-refractivity contribution in [2.24, 2.45) is 76.9 Å². The summed E-state index contributed by atoms with van der Waals surface area (Å²) in [6.45, 7) is 20.9. The van der Waals surface area contributed by atoms with Crippen molar-refractivity contribution in [2.75, 3.05) is 35.5 Å². The summed E-state index contributed by atoms with van der Waals surface area (Å²) < 4.78 is 57.4. The van der Waals surface area contributed by atoms with E-state index in [1.165, 1.54) is 119 Å². The van der Waals surface area contributed by atoms with Crippen LogP contribution in [0.15, 0.2) is 301 Å². The van der Waals surface area contributed by atoms with Crippen LogP contribution in [0.25, 0.3) is 65.8 Å². The van der Waals surface area contributed by atoms with Gasteiger partial charge >= 0.3 is 41.1 Å². The van der Waals surface area contributed by atoms with Crippen molar-refractivity contribution in [2.45, 2.75) is 121 Å². The molecule has 6 aliphatic carbocycles. The first kappa shape index (κ1) is 102. The van der Waals surface area contributed by atoms with E-state index in [0.717, 1.165) is 74.6 Å². The quantitative estimate of drug-likeness (QED) is 0.0508. The van der Waals surface area contributed by atoms with E-state index in [4.69, 9.17) is 36.0 Å². The minimum atomic E-state index is -0.451. The summed E-state index contributed by atoms with van der Waals surface area (Å²) in [4.78, 5) is 130. The fourth-order valence-corrected chi connectivity index (χ4v) is 16.4. The van der Waals surface area contributed by atoms with E-state index >= 15 is 0 Å². The van der Waals surface area contributed by atoms with E-state index in [-0.39, 0.29) is 105 Å². The first-order valence-electron chi connectivity index (χ1n) is 42.0. The molecule has 12 aromatic rings. The second-order valence-corrected chi connectivity index (χ2v) is 29.1. The predicted molar refractivity (Wildman–Crippen MR) is 485 cm³/mol. The van der Waals surface area contributed by atoms with Gasteiger partial charge in [-0.05, 0) is 167 Å². The number of allylic oxidation sites excluding steroid dienone is 4. The van der Waals surface area contributed by atoms with Crippen LogP contribution in [0.3, 0.4) is 0 Å². The molecule has 126 heavy (non-hydrogen) atoms. The Morgan fingerprint density at radius 1 is 0.302 bits per heavy atom. The third-order valence-electron chi connectivity index (χ3n) is 21.8. The molecule has 8 aliphatic rings. The van der Waals surface area contributed by atoms with Gasteiger partial charge in [0.05, 0.1) is 101 Å². The van der Waals surface area contributed by atoms with Crippen LogP contribution < -0.4 is 22.1 Å². The van der Waals surface area contributed by atoms with Gasteiger partial charge in [0.1, 0.15) is 50.8 Å². The number of carbonyl (C=O) groups is 8. The molecule has 0 amide bonds. The molecule has 668 valence electrons. The zero-order valence-electron chi connectivity index (χ0n) is 74.5. The van der Waals surface area contributed by atoms with Crippen molar-refractivity contribution in [3.05, 3.63) is 297 Å². The van der Waals surface area contributed by atoms with E-state index in [1.54, 1.807) is 68.0 Å². The predicted octanol–water partition coefficient (Wildman–Crippen LogP) is 19.8. The lowest BCUT2D eigenvalue weighted by Gasteiger charge is -2.35. The van der Waals surface area contributed by atoms with Crippen molar-refractivity contribution in [1.29, 1.82) is 0 Å². The Morgan fingerprint density at radius 2 is 0.627 bits per heavy atom. The van der Waals surface area contributed by atoms with E-state index in [1.807, 2.05) is 188 Å². The average molecular weight is 1730 g/mol. The number of methoxy groups -OCH3 is 5. The van der Waals surface area contributed by atoms with Gasteiger partial charge in [-0.1, -0.05) is 175 Å². The van der Waals surface area contributed by atoms with Crippen molar-refractivity contribution in [3.63, 3.8) is 0 Å². The molecule has 4 saturated carbocycles. The van der Waals surface area contributed by atoms with Gasteiger partial charge in [0, 0.05) is 78.4 Å². The van der Waals surface area contributed by atoms with Crippen LogP contribution in [-0.4, -0.2) is 95.0 Å². The van der Waals surface area contributed by atoms with Gasteiger partial charge in [0.2, 0.25) is 0 Å². The van der Waals surface area contributed by atoms with Crippen LogP contribution >= 0.6 is 0 Å². The number of benzene rings is 6. The smallest absolute Gasteiger partial charge is 0.336 e. The zero-order valence-corrected chi connectivity index (χ0v) is 74.5. The molecule has 1 saturated heterocycles. The topological polar surface area (TPSA) is 339 Å². The molecule has 15 atom stereocenters. The van der Waals surface area contributed by atoms with Crippen molar-refractivity contribution >= 4 is 113 Å². The standard InChI is InChI=1S/C14H18O.C11H14O3.C10H12O4.4C9H6O2.2C8H6O.3C3H6O2.3C2H6/c1-7(15)11-5-10-6-12(11)14-9-3-2-8(4-9)13(10)14;1-6(12)9-7-3-4-8(5-7)10(9)11(13)14-2;1-5(11)8-6-3-4-7(14-6)9(8)10(12)13-2;2*10-8-5-6-11-9-4-2-1-3-7(8)9;2*10-9-6-5-7-3-1-2-4-8(7)11-9;2*1-2-4-8-7(3-1)5-6-9-8;3*1-3(4)5-2;3*1-2/h2-3,8-14H,4-6H2,1H3;3-4,7-10H,5H2,1-2H3;3-4,6-9H,1-2H3;4*1-6H;2*1-6H;3*1-2H3;3*1-2H3. The number of rotatable bonds is 5. The van der Waals surface area contributed by atoms with Crippen molar-refractivity contribution < 1.29 is 93.3 Å². The Hall–Kier alpha value is -13.2. The molecule has 5 fully saturated rings. The lowest BCUT2D eigenvalue weighted by Crippen LogP contribution is -2.35. The van der Waals surface area contributed by atoms with E-state index in [0.29, 0.717) is 44.8 Å². The maximum Gasteiger partial charge on any atom is 0.336 e. The van der Waals surface area contributed by atoms with E-state index in [2.05, 4.69) is 37.2 Å². The van der Waals surface area contributed by atoms with Crippen molar-refractivity contribution in [1.82, 2.24) is 0 Å². The lowest BCUT2D eigenvalue weighted by molar-refractivity contribution is -0.150. The summed E-state index contributed by atoms with van der Waals surface area (Å²) >= 11 is 0. The molecule has 20 rings (SSSR count). The number of hydrogen-bond acceptors (Lipinski definition) is 24. The molecule has 24 heteroatoms. The van der Waals surface area contributed by atoms with Gasteiger partial charge in [0.15, 0.2) is 10.9 Å². The monoisotopic (exact) mass is 1720 g/mol. The maximum absolute atomic E-state index is 11.6. The molecule has 6 aromatic carbocycles. The summed E-state index contributed by atoms with van der Waals surface area (Å²) in [7, 11) is 6.76. The van der Waals surface area contributed by atoms with Gasteiger partial charge in [-0.2, -0.15) is 0 Å². The van der Waals surface area contributed by atoms with Gasteiger partial charge in [-0.15, -0.1) is 0 Å². The first-order chi connectivity index (χ1) is 60.8. The third kappa shape index (κ3) is 28.7. The molecular weight excluding hydrogens is 1610 g/mol. The molecule has 0 radical (unpaired) electrons. The normalized spacial score (nSPS) is 21.6. The number of ether oxygens (including phenoxy) is 6. The second kappa shape index (κ2) is 52.4. The molecule has 2 aliphatic heterocycles. The number of ketones is 3. The third-order valence-corrected chi connectivity index (χ3v) is 21.8. The summed E-state index contributed by atoms with van der Waals surface area (Å²) in [6.07, 6.45) is 23.3. The summed E-state index contributed by atoms with van der Waals surface area (Å²) in [5, 5.41) is 5.50. The molecule has 8 bridgehead atoms. The summed E-state index contributed by atoms with van der Waals surface area (Å²) in [5.74, 6) is 4.23. The minimum absolute atomic E-state index is 0.00634. The Labute approximate surface area is 732 Å². The van der Waals surface area contributed by atoms with Crippen LogP contribution in [0.4, 0.5) is 0 Å². The number of esters is 5. The Morgan fingerprint density at radius 3 is 1.01 bits per heavy atom. The van der Waals surface area contributed by atoms with Crippen LogP contribution in [0, 0.1) is 76.9 Å². The number of carbonyl (C=O) groups excluding carboxylic acids is 8. The SMILES string of the molecule is CC.CC.CC.CC(=O)C1CC2CC1C1C3C=CC(C3)C21.COC(=O)C1C2C=CC(C2)C1C(C)=O.COC(=O)C1C2C=CC(O2)C1C(C)=O.COC(C)=O.COC(C)=O.COC(C)=O.O=c1ccc2ccccc2o1.O=c1ccc2ccccc2o1.O=c1ccoc2ccccc12.O=c1ccoc2ccccc12.c1ccc2occc2c1.c1ccc2occc2c1. The summed E-state index contributed by atoms with van der Waals surface area (Å²) in [5.41, 5.74) is 3.88. The molecule has 15 unspecified atom stereocenters. The number of furan rings is 2. The number of hydrogen-bond donors (Lipinski definition) is 0. The van der Waals surface area contributed by atoms with Crippen molar-refractivity contribution in [3.8, 4) is 0 Å². The maximum atomic E-state index is 11.6. The minimum Gasteiger partial charge on any atom is -0.469 e. The van der Waals surface area contributed by atoms with Gasteiger partial charge in [-0.3, -0.25) is 47.9 Å². The van der Waals surface area contributed by atoms with Crippen LogP contribution in [0.2, 0.25) is 0 Å². The van der Waals surface area contributed by atoms with Crippen LogP contribution in [0.1, 0.15) is 109 Å². The van der Waals surface area contributed by atoms with E-state index < -0.39 is 5.92 Å². The highest BCUT2D eigenvalue weighted by atomic mass is 16.5. The highest BCUT2D eigenvalue weighted by molar-refractivity contribution is 5.89. The lowest BCUT2D eigenvalue weighted by atomic mass is 9.68. The molecule has 8 heterocycles. The largest absolute Gasteiger partial charge is 0.469 e. The Balaban J connectivity index is 0.000000214. The second-order valence-electron chi connectivity index (χ2n) is 29.1.